The molecule has 0 atom stereocenters. The molecule has 4 rings (SSSR count). The van der Waals surface area contributed by atoms with Gasteiger partial charge in [0.05, 0.1) is 130 Å². The van der Waals surface area contributed by atoms with Crippen molar-refractivity contribution in [3.05, 3.63) is 0 Å². The highest BCUT2D eigenvalue weighted by Gasteiger charge is 2.39. The van der Waals surface area contributed by atoms with Gasteiger partial charge in [-0.15, -0.1) is 0 Å². The molecule has 844 valence electrons. The Morgan fingerprint density at radius 1 is 0.209 bits per heavy atom. The van der Waals surface area contributed by atoms with Crippen LogP contribution in [0.15, 0.2) is 0 Å². The molecule has 148 heavy (non-hydrogen) atoms. The van der Waals surface area contributed by atoms with E-state index < -0.39 is 275 Å². The summed E-state index contributed by atoms with van der Waals surface area (Å²) in [7, 11) is 0. The minimum atomic E-state index is -2.24. The lowest BCUT2D eigenvalue weighted by molar-refractivity contribution is -0.141. The second-order valence-electron chi connectivity index (χ2n) is 40.1. The van der Waals surface area contributed by atoms with Crippen LogP contribution in [0, 0.1) is 23.7 Å². The lowest BCUT2D eigenvalue weighted by Crippen LogP contribution is -2.68. The summed E-state index contributed by atoms with van der Waals surface area (Å²) >= 11 is 0. The highest BCUT2D eigenvalue weighted by atomic mass is 16.5. The number of aliphatic carboxylic acids is 11. The van der Waals surface area contributed by atoms with Crippen LogP contribution in [0.5, 0.6) is 0 Å². The lowest BCUT2D eigenvalue weighted by atomic mass is 9.98. The molecule has 0 aromatic rings. The molecule has 17 N–H and O–H groups in total. The topological polar surface area (TPSA) is 700 Å². The number of nitrogens with zero attached hydrogens (tertiary/aromatic N) is 20. The standard InChI is InChI=1S/C92H164N24O32/c1-68(2)41-113(76(121)49-97-9-17-101(53-80(125)126)25-33-109(61-88(141)142)34-26-102(18-10-97)54-81(127)128)45-72(117)93-65-92(96-75(120)48-116(44-71(7)8)79(124)52-100-15-23-107(59-86(137)138)31-39-112(64-91(147)148)40-32-108(24-16-100)60-87(139)140,66-94-73(118)46-114(42-69(3)4)77(122)50-98-11-19-103(55-82(129)130)27-35-110(62-89(143)144)36-28-104(20-12-98)56-83(131)132)67-95-74(119)47-115(43-70(5)6)78(123)51-99-13-21-105(57-84(133)134)29-37-111(63-90(145)146)38-30-106(22-14-99)58-85(135)136/h68-71,88,141-142H,9-67H2,1-8H3,(H,93,117)(H,94,118)(H,95,119)(H,96,120)(H,125,126)(H,127,128)(H,129,130)(H,131,132)(H,133,134)(H,135,136)(H,137,138)(H,139,140)(H,143,144)(H,145,146)(H,147,148). The zero-order chi connectivity index (χ0) is 110. The van der Waals surface area contributed by atoms with Crippen LogP contribution in [-0.4, -0.2) is 675 Å². The van der Waals surface area contributed by atoms with Gasteiger partial charge in [0.25, 0.3) is 0 Å². The van der Waals surface area contributed by atoms with Gasteiger partial charge in [-0.25, -0.2) is 0 Å². The SMILES string of the molecule is CC(C)CN(CC(=O)NCC(CNC(=O)CN(CC(C)C)C(=O)CN1CCN(CC(=O)O)CCN(CC(=O)O)CCN(CC(=O)O)CC1)(CNC(=O)CN(CC(C)C)C(=O)CN1CCN(CC(=O)O)CCN(CC(O)O)CCN(CC(=O)O)CC1)NC(=O)CN(CC(C)C)C(=O)CN1CCN(CC(=O)O)CCN(CC(=O)O)CCN(CC(=O)O)CC1)C(=O)CN1CCN(CC(=O)O)CCN(CC(=O)O)CCN(CC(=O)O)CC1. The fourth-order valence-corrected chi connectivity index (χ4v) is 17.5. The maximum absolute atomic E-state index is 15.9. The van der Waals surface area contributed by atoms with E-state index in [-0.39, 0.29) is 260 Å². The molecular weight excluding hydrogens is 1950 g/mol. The molecule has 4 heterocycles. The Morgan fingerprint density at radius 3 is 0.466 bits per heavy atom. The zero-order valence-electron chi connectivity index (χ0n) is 87.1. The van der Waals surface area contributed by atoms with Gasteiger partial charge in [-0.3, -0.25) is 169 Å². The first kappa shape index (κ1) is 129. The number of carboxylic acid groups (broad SMARTS) is 11. The van der Waals surface area contributed by atoms with Crippen molar-refractivity contribution >= 4 is 113 Å². The molecule has 0 radical (unpaired) electrons. The molecule has 4 saturated heterocycles. The second-order valence-corrected chi connectivity index (χ2v) is 40.1. The molecule has 56 nitrogen and oxygen atoms in total. The Hall–Kier alpha value is -10.8. The van der Waals surface area contributed by atoms with E-state index in [4.69, 9.17) is 0 Å². The number of aliphatic hydroxyl groups is 2. The van der Waals surface area contributed by atoms with Crippen molar-refractivity contribution in [1.82, 2.24) is 119 Å². The molecule has 0 aromatic carbocycles. The number of nitrogens with one attached hydrogen (secondary N) is 4. The maximum atomic E-state index is 15.9. The van der Waals surface area contributed by atoms with Crippen LogP contribution >= 0.6 is 0 Å². The maximum Gasteiger partial charge on any atom is 0.317 e. The molecule has 0 unspecified atom stereocenters. The number of carbonyl (C=O) groups excluding carboxylic acids is 8. The van der Waals surface area contributed by atoms with Gasteiger partial charge in [0.1, 0.15) is 0 Å². The Labute approximate surface area is 863 Å². The molecule has 4 aliphatic rings. The number of carboxylic acids is 11. The van der Waals surface area contributed by atoms with Gasteiger partial charge in [-0.05, 0) is 23.7 Å². The van der Waals surface area contributed by atoms with Crippen LogP contribution in [0.25, 0.3) is 0 Å². The predicted molar refractivity (Wildman–Crippen MR) is 531 cm³/mol. The number of hydrogen-bond donors (Lipinski definition) is 17. The molecule has 0 bridgehead atoms. The molecule has 0 spiro atoms. The summed E-state index contributed by atoms with van der Waals surface area (Å²) < 4.78 is 0. The quantitative estimate of drug-likeness (QED) is 0.0251. The van der Waals surface area contributed by atoms with Crippen molar-refractivity contribution < 1.29 is 157 Å². The number of carbonyl (C=O) groups is 19. The van der Waals surface area contributed by atoms with Crippen LogP contribution in [-0.2, 0) is 91.1 Å². The lowest BCUT2D eigenvalue weighted by Gasteiger charge is -2.38. The number of amides is 8. The van der Waals surface area contributed by atoms with Crippen LogP contribution in [0.3, 0.4) is 0 Å². The molecule has 0 aromatic heterocycles. The summed E-state index contributed by atoms with van der Waals surface area (Å²) in [6, 6.07) is 0. The van der Waals surface area contributed by atoms with E-state index in [9.17, 15) is 119 Å². The van der Waals surface area contributed by atoms with Gasteiger partial charge in [0, 0.05) is 262 Å². The van der Waals surface area contributed by atoms with Crippen molar-refractivity contribution in [2.24, 2.45) is 23.7 Å². The molecule has 0 saturated carbocycles. The van der Waals surface area contributed by atoms with E-state index in [0.717, 1.165) is 0 Å². The Morgan fingerprint density at radius 2 is 0.338 bits per heavy atom. The smallest absolute Gasteiger partial charge is 0.317 e. The second kappa shape index (κ2) is 68.8. The van der Waals surface area contributed by atoms with Crippen molar-refractivity contribution in [2.45, 2.75) is 67.2 Å². The van der Waals surface area contributed by atoms with Gasteiger partial charge in [0.2, 0.25) is 47.3 Å². The highest BCUT2D eigenvalue weighted by Crippen LogP contribution is 2.16. The van der Waals surface area contributed by atoms with Crippen LogP contribution in [0.4, 0.5) is 0 Å². The van der Waals surface area contributed by atoms with Gasteiger partial charge in [0.15, 0.2) is 6.29 Å². The van der Waals surface area contributed by atoms with Crippen LogP contribution in [0.2, 0.25) is 0 Å². The predicted octanol–water partition coefficient (Wildman–Crippen LogP) is -10.7. The Bertz CT molecular complexity index is 3980. The third-order valence-electron chi connectivity index (χ3n) is 24.9. The molecule has 0 aliphatic carbocycles. The number of hydrogen-bond acceptors (Lipinski definition) is 37. The first-order valence-electron chi connectivity index (χ1n) is 50.2. The van der Waals surface area contributed by atoms with Gasteiger partial charge in [-0.2, -0.15) is 0 Å². The zero-order valence-corrected chi connectivity index (χ0v) is 87.1. The molecule has 4 fully saturated rings. The monoisotopic (exact) mass is 2120 g/mol. The number of β-amino-alcohol motifs (C(OH)–C–C–N with tert-alkyl or cyclic N) is 2. The fourth-order valence-electron chi connectivity index (χ4n) is 17.5. The molecule has 8 amide bonds. The van der Waals surface area contributed by atoms with E-state index in [2.05, 4.69) is 21.3 Å². The molecular formula is C92H164N24O32. The summed E-state index contributed by atoms with van der Waals surface area (Å²) in [5, 5.41) is 141. The number of aliphatic hydroxyl groups excluding tert-OH is 1. The van der Waals surface area contributed by atoms with E-state index >= 15 is 38.4 Å². The van der Waals surface area contributed by atoms with E-state index in [1.54, 1.807) is 134 Å². The number of rotatable bonds is 55. The first-order chi connectivity index (χ1) is 69.6. The summed E-state index contributed by atoms with van der Waals surface area (Å²) in [5.74, 6) is -21.2. The van der Waals surface area contributed by atoms with E-state index in [1.165, 1.54) is 19.6 Å². The summed E-state index contributed by atoms with van der Waals surface area (Å²) in [6.45, 7) is 1.79. The van der Waals surface area contributed by atoms with Crippen LogP contribution < -0.4 is 21.3 Å². The largest absolute Gasteiger partial charge is 0.480 e. The minimum Gasteiger partial charge on any atom is -0.480 e. The van der Waals surface area contributed by atoms with Crippen LogP contribution in [0.1, 0.15) is 55.4 Å². The Kier molecular flexibility index (Phi) is 60.2. The third-order valence-corrected chi connectivity index (χ3v) is 24.9. The van der Waals surface area contributed by atoms with Crippen molar-refractivity contribution in [1.29, 1.82) is 0 Å². The van der Waals surface area contributed by atoms with Gasteiger partial charge >= 0.3 is 65.7 Å². The minimum absolute atomic E-state index is 0.00493. The fraction of sp³-hybridized carbons (Fsp3) is 0.793. The van der Waals surface area contributed by atoms with Crippen molar-refractivity contribution in [2.75, 3.05) is 386 Å². The highest BCUT2D eigenvalue weighted by molar-refractivity contribution is 5.90. The summed E-state index contributed by atoms with van der Waals surface area (Å²) in [4.78, 5) is 288. The van der Waals surface area contributed by atoms with Gasteiger partial charge < -0.3 is 107 Å². The normalized spacial score (nSPS) is 18.1. The molecule has 4 aliphatic heterocycles. The summed E-state index contributed by atoms with van der Waals surface area (Å²) in [5.41, 5.74) is -2.24. The van der Waals surface area contributed by atoms with Crippen molar-refractivity contribution in [3.8, 4) is 0 Å². The summed E-state index contributed by atoms with van der Waals surface area (Å²) in [6.07, 6.45) is -1.78. The average molecular weight is 2120 g/mol. The molecule has 56 heteroatoms. The van der Waals surface area contributed by atoms with E-state index in [0.29, 0.717) is 0 Å². The average Bonchev–Trinajstić information content (AvgIpc) is 0.828. The first-order valence-corrected chi connectivity index (χ1v) is 50.2. The Balaban J connectivity index is 2.02. The van der Waals surface area contributed by atoms with Gasteiger partial charge in [-0.1, -0.05) is 55.4 Å². The third kappa shape index (κ3) is 58.4. The van der Waals surface area contributed by atoms with Crippen molar-refractivity contribution in [3.63, 3.8) is 0 Å². The van der Waals surface area contributed by atoms with E-state index in [1.807, 2.05) is 0 Å².